The van der Waals surface area contributed by atoms with Crippen LogP contribution in [0.1, 0.15) is 25.7 Å². The highest BCUT2D eigenvalue weighted by Crippen LogP contribution is 2.19. The zero-order chi connectivity index (χ0) is 14.0. The van der Waals surface area contributed by atoms with Crippen molar-refractivity contribution in [3.63, 3.8) is 0 Å². The first-order valence-electron chi connectivity index (χ1n) is 5.35. The van der Waals surface area contributed by atoms with Gasteiger partial charge in [0.15, 0.2) is 0 Å². The first kappa shape index (κ1) is 13.8. The topological polar surface area (TPSA) is 98.0 Å². The largest absolute Gasteiger partial charge is 0.407 e. The third-order valence-electron chi connectivity index (χ3n) is 2.15. The molecule has 0 unspecified atom stereocenters. The molecular weight excluding hydrogens is 292 g/mol. The summed E-state index contributed by atoms with van der Waals surface area (Å²) in [5.41, 5.74) is 0. The Morgan fingerprint density at radius 3 is 2.63 bits per heavy atom. The Morgan fingerprint density at radius 2 is 2.05 bits per heavy atom. The van der Waals surface area contributed by atoms with Crippen molar-refractivity contribution < 1.29 is 12.8 Å². The van der Waals surface area contributed by atoms with E-state index in [0.717, 1.165) is 0 Å². The summed E-state index contributed by atoms with van der Waals surface area (Å²) in [5, 5.41) is 7.55. The molecule has 2 heterocycles. The van der Waals surface area contributed by atoms with Crippen molar-refractivity contribution in [1.82, 2.24) is 15.2 Å². The number of halogens is 1. The third-order valence-corrected chi connectivity index (χ3v) is 3.64. The smallest absolute Gasteiger partial charge is 0.329 e. The van der Waals surface area contributed by atoms with Gasteiger partial charge in [0.1, 0.15) is 4.90 Å². The van der Waals surface area contributed by atoms with E-state index in [-0.39, 0.29) is 21.9 Å². The quantitative estimate of drug-likeness (QED) is 0.928. The van der Waals surface area contributed by atoms with Crippen LogP contribution in [0.2, 0.25) is 5.02 Å². The predicted molar refractivity (Wildman–Crippen MR) is 68.4 cm³/mol. The summed E-state index contributed by atoms with van der Waals surface area (Å²) in [6.07, 6.45) is 2.51. The van der Waals surface area contributed by atoms with Gasteiger partial charge in [-0.3, -0.25) is 4.98 Å². The molecule has 7 nitrogen and oxygen atoms in total. The third kappa shape index (κ3) is 3.21. The summed E-state index contributed by atoms with van der Waals surface area (Å²) in [5.74, 6) is 0.362. The lowest BCUT2D eigenvalue weighted by Crippen LogP contribution is -2.13. The van der Waals surface area contributed by atoms with Crippen LogP contribution in [0.4, 0.5) is 6.01 Å². The molecule has 0 aliphatic carbocycles. The van der Waals surface area contributed by atoms with Crippen molar-refractivity contribution in [3.8, 4) is 0 Å². The molecule has 19 heavy (non-hydrogen) atoms. The molecule has 0 spiro atoms. The highest BCUT2D eigenvalue weighted by atomic mass is 35.5. The number of nitrogens with one attached hydrogen (secondary N) is 1. The molecule has 1 N–H and O–H groups in total. The van der Waals surface area contributed by atoms with Crippen LogP contribution >= 0.6 is 11.6 Å². The summed E-state index contributed by atoms with van der Waals surface area (Å²) < 4.78 is 31.3. The van der Waals surface area contributed by atoms with Crippen LogP contribution in [0, 0.1) is 0 Å². The molecule has 0 saturated heterocycles. The van der Waals surface area contributed by atoms with Crippen LogP contribution in [0.25, 0.3) is 0 Å². The lowest BCUT2D eigenvalue weighted by molar-refractivity contribution is 0.483. The molecular formula is C10H11ClN4O3S. The minimum atomic E-state index is -3.84. The highest BCUT2D eigenvalue weighted by Gasteiger charge is 2.19. The molecule has 102 valence electrons. The number of rotatable bonds is 4. The average Bonchev–Trinajstić information content (AvgIpc) is 2.77. The molecule has 9 heteroatoms. The zero-order valence-electron chi connectivity index (χ0n) is 10.2. The Bertz CT molecular complexity index is 684. The lowest BCUT2D eigenvalue weighted by atomic mass is 10.2. The normalized spacial score (nSPS) is 11.8. The van der Waals surface area contributed by atoms with Crippen LogP contribution in [0.5, 0.6) is 0 Å². The Morgan fingerprint density at radius 1 is 1.32 bits per heavy atom. The molecule has 0 radical (unpaired) electrons. The van der Waals surface area contributed by atoms with E-state index in [1.54, 1.807) is 0 Å². The Kier molecular flexibility index (Phi) is 3.72. The Balaban J connectivity index is 2.26. The maximum absolute atomic E-state index is 12.0. The second-order valence-electron chi connectivity index (χ2n) is 4.04. The van der Waals surface area contributed by atoms with E-state index in [1.807, 2.05) is 13.8 Å². The van der Waals surface area contributed by atoms with Gasteiger partial charge in [0.2, 0.25) is 5.89 Å². The second-order valence-corrected chi connectivity index (χ2v) is 6.16. The molecule has 0 fully saturated rings. The molecule has 0 amide bonds. The molecule has 0 bridgehead atoms. The average molecular weight is 303 g/mol. The van der Waals surface area contributed by atoms with E-state index >= 15 is 0 Å². The van der Waals surface area contributed by atoms with E-state index in [2.05, 4.69) is 19.9 Å². The molecule has 0 aliphatic heterocycles. The van der Waals surface area contributed by atoms with E-state index in [4.69, 9.17) is 16.0 Å². The molecule has 0 atom stereocenters. The van der Waals surface area contributed by atoms with Gasteiger partial charge in [-0.2, -0.15) is 0 Å². The van der Waals surface area contributed by atoms with Gasteiger partial charge in [-0.25, -0.2) is 13.1 Å². The summed E-state index contributed by atoms with van der Waals surface area (Å²) in [6.45, 7) is 3.71. The Labute approximate surface area is 115 Å². The molecule has 2 aromatic heterocycles. The molecule has 0 aromatic carbocycles. The number of hydrogen-bond donors (Lipinski definition) is 1. The van der Waals surface area contributed by atoms with E-state index in [1.165, 1.54) is 18.5 Å². The number of sulfonamides is 1. The van der Waals surface area contributed by atoms with E-state index in [0.29, 0.717) is 5.89 Å². The van der Waals surface area contributed by atoms with Gasteiger partial charge >= 0.3 is 6.01 Å². The van der Waals surface area contributed by atoms with Gasteiger partial charge in [-0.15, -0.1) is 5.10 Å². The van der Waals surface area contributed by atoms with Crippen LogP contribution in [-0.2, 0) is 10.0 Å². The first-order valence-corrected chi connectivity index (χ1v) is 7.21. The highest BCUT2D eigenvalue weighted by molar-refractivity contribution is 7.92. The van der Waals surface area contributed by atoms with Crippen molar-refractivity contribution >= 4 is 27.6 Å². The SMILES string of the molecule is CC(C)c1nnc(NS(=O)(=O)c2cncc(Cl)c2)o1. The first-order chi connectivity index (χ1) is 8.88. The van der Waals surface area contributed by atoms with Crippen molar-refractivity contribution in [2.24, 2.45) is 0 Å². The van der Waals surface area contributed by atoms with Gasteiger partial charge in [-0.05, 0) is 6.07 Å². The van der Waals surface area contributed by atoms with Crippen LogP contribution in [-0.4, -0.2) is 23.6 Å². The van der Waals surface area contributed by atoms with Crippen molar-refractivity contribution in [3.05, 3.63) is 29.4 Å². The number of nitrogens with zero attached hydrogens (tertiary/aromatic N) is 3. The van der Waals surface area contributed by atoms with Gasteiger partial charge in [0.05, 0.1) is 5.02 Å². The summed E-state index contributed by atoms with van der Waals surface area (Å²) in [4.78, 5) is 3.63. The van der Waals surface area contributed by atoms with Crippen molar-refractivity contribution in [2.45, 2.75) is 24.7 Å². The number of aromatic nitrogens is 3. The van der Waals surface area contributed by atoms with E-state index < -0.39 is 10.0 Å². The summed E-state index contributed by atoms with van der Waals surface area (Å²) in [6, 6.07) is 1.08. The number of hydrogen-bond acceptors (Lipinski definition) is 6. The summed E-state index contributed by atoms with van der Waals surface area (Å²) in [7, 11) is -3.84. The lowest BCUT2D eigenvalue weighted by Gasteiger charge is -2.03. The van der Waals surface area contributed by atoms with Crippen LogP contribution in [0.3, 0.4) is 0 Å². The maximum Gasteiger partial charge on any atom is 0.329 e. The fourth-order valence-electron chi connectivity index (χ4n) is 1.22. The molecule has 0 aliphatic rings. The van der Waals surface area contributed by atoms with Gasteiger partial charge in [0, 0.05) is 18.3 Å². The van der Waals surface area contributed by atoms with Gasteiger partial charge in [0.25, 0.3) is 10.0 Å². The number of anilines is 1. The van der Waals surface area contributed by atoms with Crippen LogP contribution < -0.4 is 4.72 Å². The van der Waals surface area contributed by atoms with Gasteiger partial charge in [-0.1, -0.05) is 30.5 Å². The van der Waals surface area contributed by atoms with Crippen molar-refractivity contribution in [2.75, 3.05) is 4.72 Å². The number of pyridine rings is 1. The fourth-order valence-corrected chi connectivity index (χ4v) is 2.37. The molecule has 0 saturated carbocycles. The van der Waals surface area contributed by atoms with Gasteiger partial charge < -0.3 is 4.42 Å². The van der Waals surface area contributed by atoms with Crippen molar-refractivity contribution in [1.29, 1.82) is 0 Å². The Hall–Kier alpha value is -1.67. The second kappa shape index (κ2) is 5.14. The minimum Gasteiger partial charge on any atom is -0.407 e. The monoisotopic (exact) mass is 302 g/mol. The fraction of sp³-hybridized carbons (Fsp3) is 0.300. The van der Waals surface area contributed by atoms with Crippen LogP contribution in [0.15, 0.2) is 27.8 Å². The molecule has 2 rings (SSSR count). The predicted octanol–water partition coefficient (Wildman–Crippen LogP) is 2.04. The minimum absolute atomic E-state index is 0.0126. The van der Waals surface area contributed by atoms with E-state index in [9.17, 15) is 8.42 Å². The molecule has 2 aromatic rings. The summed E-state index contributed by atoms with van der Waals surface area (Å²) >= 11 is 5.69. The standard InChI is InChI=1S/C10H11ClN4O3S/c1-6(2)9-13-14-10(18-9)15-19(16,17)8-3-7(11)4-12-5-8/h3-6H,1-2H3,(H,14,15). The zero-order valence-corrected chi connectivity index (χ0v) is 11.7. The maximum atomic E-state index is 12.0.